The molecule has 84 valence electrons. The summed E-state index contributed by atoms with van der Waals surface area (Å²) in [7, 11) is 1.73. The van der Waals surface area contributed by atoms with Crippen LogP contribution in [-0.2, 0) is 12.8 Å². The fourth-order valence-electron chi connectivity index (χ4n) is 2.32. The Bertz CT molecular complexity index is 391. The molecule has 2 heteroatoms. The van der Waals surface area contributed by atoms with Gasteiger partial charge in [0, 0.05) is 6.04 Å². The van der Waals surface area contributed by atoms with Gasteiger partial charge in [-0.05, 0) is 36.5 Å². The Morgan fingerprint density at radius 3 is 3.19 bits per heavy atom. The fourth-order valence-corrected chi connectivity index (χ4v) is 2.32. The number of rotatable bonds is 3. The molecule has 1 atom stereocenters. The van der Waals surface area contributed by atoms with Crippen molar-refractivity contribution in [3.8, 4) is 18.1 Å². The van der Waals surface area contributed by atoms with Gasteiger partial charge in [0.25, 0.3) is 0 Å². The molecule has 0 bridgehead atoms. The molecule has 0 aliphatic heterocycles. The van der Waals surface area contributed by atoms with E-state index in [2.05, 4.69) is 23.4 Å². The smallest absolute Gasteiger partial charge is 0.122 e. The molecule has 0 saturated carbocycles. The summed E-state index contributed by atoms with van der Waals surface area (Å²) in [6, 6.07) is 6.77. The van der Waals surface area contributed by atoms with E-state index in [-0.39, 0.29) is 0 Å². The molecule has 16 heavy (non-hydrogen) atoms. The van der Waals surface area contributed by atoms with Crippen molar-refractivity contribution in [1.29, 1.82) is 0 Å². The van der Waals surface area contributed by atoms with Crippen molar-refractivity contribution < 1.29 is 4.74 Å². The van der Waals surface area contributed by atoms with Gasteiger partial charge in [-0.1, -0.05) is 18.1 Å². The number of benzene rings is 1. The fraction of sp³-hybridized carbons (Fsp3) is 0.429. The van der Waals surface area contributed by atoms with E-state index in [4.69, 9.17) is 11.2 Å². The zero-order chi connectivity index (χ0) is 11.4. The second-order valence-corrected chi connectivity index (χ2v) is 4.12. The van der Waals surface area contributed by atoms with Crippen LogP contribution >= 0.6 is 0 Å². The highest BCUT2D eigenvalue weighted by molar-refractivity contribution is 5.42. The second kappa shape index (κ2) is 5.05. The molecule has 0 radical (unpaired) electrons. The number of hydrogen-bond donors (Lipinski definition) is 1. The SMILES string of the molecule is C#CCNC1CCc2cccc(OC)c2C1. The van der Waals surface area contributed by atoms with Crippen LogP contribution in [0.15, 0.2) is 18.2 Å². The molecule has 0 spiro atoms. The van der Waals surface area contributed by atoms with Crippen molar-refractivity contribution in [2.24, 2.45) is 0 Å². The average Bonchev–Trinajstić information content (AvgIpc) is 2.35. The van der Waals surface area contributed by atoms with Crippen molar-refractivity contribution in [3.63, 3.8) is 0 Å². The molecule has 0 amide bonds. The van der Waals surface area contributed by atoms with Crippen molar-refractivity contribution in [2.45, 2.75) is 25.3 Å². The zero-order valence-electron chi connectivity index (χ0n) is 9.62. The lowest BCUT2D eigenvalue weighted by Gasteiger charge is -2.26. The van der Waals surface area contributed by atoms with Crippen LogP contribution in [0.4, 0.5) is 0 Å². The van der Waals surface area contributed by atoms with Crippen molar-refractivity contribution in [3.05, 3.63) is 29.3 Å². The van der Waals surface area contributed by atoms with Gasteiger partial charge in [0.1, 0.15) is 5.75 Å². The predicted octanol–water partition coefficient (Wildman–Crippen LogP) is 1.78. The number of fused-ring (bicyclic) bond motifs is 1. The number of hydrogen-bond acceptors (Lipinski definition) is 2. The van der Waals surface area contributed by atoms with Gasteiger partial charge < -0.3 is 10.1 Å². The summed E-state index contributed by atoms with van der Waals surface area (Å²) in [5.41, 5.74) is 2.75. The minimum atomic E-state index is 0.486. The lowest BCUT2D eigenvalue weighted by molar-refractivity contribution is 0.397. The molecular weight excluding hydrogens is 198 g/mol. The van der Waals surface area contributed by atoms with Crippen LogP contribution in [-0.4, -0.2) is 19.7 Å². The molecule has 1 aromatic rings. The third-order valence-electron chi connectivity index (χ3n) is 3.16. The molecule has 1 aromatic carbocycles. The Labute approximate surface area is 97.0 Å². The van der Waals surface area contributed by atoms with Crippen molar-refractivity contribution in [1.82, 2.24) is 5.32 Å². The Kier molecular flexibility index (Phi) is 3.48. The predicted molar refractivity (Wildman–Crippen MR) is 65.6 cm³/mol. The Morgan fingerprint density at radius 2 is 2.44 bits per heavy atom. The maximum absolute atomic E-state index is 5.40. The maximum atomic E-state index is 5.40. The highest BCUT2D eigenvalue weighted by atomic mass is 16.5. The first-order valence-corrected chi connectivity index (χ1v) is 5.66. The average molecular weight is 215 g/mol. The molecule has 0 heterocycles. The first kappa shape index (κ1) is 11.0. The van der Waals surface area contributed by atoms with E-state index in [1.807, 2.05) is 6.07 Å². The number of aryl methyl sites for hydroxylation is 1. The monoisotopic (exact) mass is 215 g/mol. The van der Waals surface area contributed by atoms with Gasteiger partial charge in [0.05, 0.1) is 13.7 Å². The van der Waals surface area contributed by atoms with Gasteiger partial charge in [0.2, 0.25) is 0 Å². The van der Waals surface area contributed by atoms with Crippen LogP contribution in [0.5, 0.6) is 5.75 Å². The zero-order valence-corrected chi connectivity index (χ0v) is 9.62. The molecule has 2 rings (SSSR count). The Balaban J connectivity index is 2.15. The van der Waals surface area contributed by atoms with Gasteiger partial charge in [-0.25, -0.2) is 0 Å². The topological polar surface area (TPSA) is 21.3 Å². The lowest BCUT2D eigenvalue weighted by atomic mass is 9.87. The van der Waals surface area contributed by atoms with Crippen molar-refractivity contribution >= 4 is 0 Å². The first-order valence-electron chi connectivity index (χ1n) is 5.66. The van der Waals surface area contributed by atoms with Crippen LogP contribution in [0.1, 0.15) is 17.5 Å². The Morgan fingerprint density at radius 1 is 1.56 bits per heavy atom. The third kappa shape index (κ3) is 2.20. The number of methoxy groups -OCH3 is 1. The molecule has 1 N–H and O–H groups in total. The van der Waals surface area contributed by atoms with Crippen LogP contribution in [0.25, 0.3) is 0 Å². The van der Waals surface area contributed by atoms with Gasteiger partial charge in [-0.3, -0.25) is 0 Å². The number of terminal acetylenes is 1. The van der Waals surface area contributed by atoms with E-state index in [0.717, 1.165) is 25.0 Å². The van der Waals surface area contributed by atoms with E-state index in [1.165, 1.54) is 11.1 Å². The summed E-state index contributed by atoms with van der Waals surface area (Å²) in [6.45, 7) is 0.648. The second-order valence-electron chi connectivity index (χ2n) is 4.12. The molecule has 2 nitrogen and oxygen atoms in total. The standard InChI is InChI=1S/C14H17NO/c1-3-9-15-12-8-7-11-5-4-6-14(16-2)13(11)10-12/h1,4-6,12,15H,7-10H2,2H3. The quantitative estimate of drug-likeness (QED) is 0.776. The summed E-state index contributed by atoms with van der Waals surface area (Å²) in [4.78, 5) is 0. The molecule has 0 fully saturated rings. The summed E-state index contributed by atoms with van der Waals surface area (Å²) < 4.78 is 5.40. The van der Waals surface area contributed by atoms with E-state index in [9.17, 15) is 0 Å². The summed E-state index contributed by atoms with van der Waals surface area (Å²) in [6.07, 6.45) is 8.53. The maximum Gasteiger partial charge on any atom is 0.122 e. The molecule has 1 aliphatic carbocycles. The highest BCUT2D eigenvalue weighted by Crippen LogP contribution is 2.29. The van der Waals surface area contributed by atoms with Gasteiger partial charge in [-0.2, -0.15) is 0 Å². The van der Waals surface area contributed by atoms with Crippen molar-refractivity contribution in [2.75, 3.05) is 13.7 Å². The summed E-state index contributed by atoms with van der Waals surface area (Å²) in [5, 5.41) is 3.37. The van der Waals surface area contributed by atoms with E-state index < -0.39 is 0 Å². The third-order valence-corrected chi connectivity index (χ3v) is 3.16. The molecule has 1 aliphatic rings. The minimum absolute atomic E-state index is 0.486. The first-order chi connectivity index (χ1) is 7.85. The minimum Gasteiger partial charge on any atom is -0.496 e. The van der Waals surface area contributed by atoms with Gasteiger partial charge in [0.15, 0.2) is 0 Å². The van der Waals surface area contributed by atoms with Crippen LogP contribution in [0.2, 0.25) is 0 Å². The van der Waals surface area contributed by atoms with Gasteiger partial charge in [-0.15, -0.1) is 6.42 Å². The number of nitrogens with one attached hydrogen (secondary N) is 1. The normalized spacial score (nSPS) is 18.6. The van der Waals surface area contributed by atoms with Gasteiger partial charge >= 0.3 is 0 Å². The lowest BCUT2D eigenvalue weighted by Crippen LogP contribution is -2.34. The number of ether oxygens (including phenoxy) is 1. The molecule has 0 aromatic heterocycles. The highest BCUT2D eigenvalue weighted by Gasteiger charge is 2.20. The molecule has 1 unspecified atom stereocenters. The van der Waals surface area contributed by atoms with Crippen LogP contribution in [0, 0.1) is 12.3 Å². The van der Waals surface area contributed by atoms with E-state index in [0.29, 0.717) is 12.6 Å². The van der Waals surface area contributed by atoms with E-state index in [1.54, 1.807) is 7.11 Å². The van der Waals surface area contributed by atoms with Crippen LogP contribution < -0.4 is 10.1 Å². The largest absolute Gasteiger partial charge is 0.496 e. The Hall–Kier alpha value is -1.46. The summed E-state index contributed by atoms with van der Waals surface area (Å²) in [5.74, 6) is 3.63. The van der Waals surface area contributed by atoms with E-state index >= 15 is 0 Å². The van der Waals surface area contributed by atoms with Crippen LogP contribution in [0.3, 0.4) is 0 Å². The molecule has 0 saturated heterocycles. The summed E-state index contributed by atoms with van der Waals surface area (Å²) >= 11 is 0. The molecular formula is C14H17NO.